The number of aromatic nitrogens is 1. The van der Waals surface area contributed by atoms with E-state index in [9.17, 15) is 18.0 Å². The third-order valence-corrected chi connectivity index (χ3v) is 5.20. The van der Waals surface area contributed by atoms with Gasteiger partial charge in [-0.2, -0.15) is 13.2 Å². The Kier molecular flexibility index (Phi) is 5.93. The van der Waals surface area contributed by atoms with Gasteiger partial charge < -0.3 is 5.32 Å². The molecule has 0 saturated heterocycles. The van der Waals surface area contributed by atoms with Crippen LogP contribution in [0.2, 0.25) is 0 Å². The van der Waals surface area contributed by atoms with Gasteiger partial charge in [-0.3, -0.25) is 4.79 Å². The summed E-state index contributed by atoms with van der Waals surface area (Å²) in [5.41, 5.74) is 1.49. The molecule has 0 atom stereocenters. The number of aryl methyl sites for hydroxylation is 1. The number of nitrogens with one attached hydrogen (secondary N) is 1. The normalized spacial score (nSPS) is 11.6. The quantitative estimate of drug-likeness (QED) is 0.563. The minimum absolute atomic E-state index is 0.239. The fourth-order valence-corrected chi connectivity index (χ4v) is 3.78. The molecule has 7 heteroatoms. The molecule has 0 aliphatic rings. The van der Waals surface area contributed by atoms with Crippen molar-refractivity contribution in [1.29, 1.82) is 0 Å². The minimum atomic E-state index is -4.44. The van der Waals surface area contributed by atoms with E-state index in [-0.39, 0.29) is 11.4 Å². The van der Waals surface area contributed by atoms with Gasteiger partial charge in [0.15, 0.2) is 0 Å². The third-order valence-electron chi connectivity index (χ3n) is 4.34. The maximum Gasteiger partial charge on any atom is 0.416 e. The van der Waals surface area contributed by atoms with Crippen LogP contribution in [0.15, 0.2) is 53.6 Å². The van der Waals surface area contributed by atoms with Crippen LogP contribution in [0.25, 0.3) is 10.9 Å². The highest BCUT2D eigenvalue weighted by atomic mass is 32.2. The lowest BCUT2D eigenvalue weighted by atomic mass is 10.0. The maximum absolute atomic E-state index is 13.0. The summed E-state index contributed by atoms with van der Waals surface area (Å²) >= 11 is 1.34. The van der Waals surface area contributed by atoms with Gasteiger partial charge in [-0.25, -0.2) is 4.98 Å². The van der Waals surface area contributed by atoms with Crippen LogP contribution in [-0.4, -0.2) is 16.6 Å². The molecule has 1 N–H and O–H groups in total. The highest BCUT2D eigenvalue weighted by Gasteiger charge is 2.31. The molecule has 3 aromatic rings. The van der Waals surface area contributed by atoms with Crippen LogP contribution in [0.5, 0.6) is 0 Å². The Hall–Kier alpha value is -2.54. The van der Waals surface area contributed by atoms with E-state index in [4.69, 9.17) is 0 Å². The fourth-order valence-electron chi connectivity index (χ4n) is 2.95. The number of hydrogen-bond acceptors (Lipinski definition) is 3. The molecule has 0 fully saturated rings. The van der Waals surface area contributed by atoms with E-state index in [1.54, 1.807) is 6.92 Å². The van der Waals surface area contributed by atoms with Crippen molar-refractivity contribution in [2.24, 2.45) is 0 Å². The first kappa shape index (κ1) is 20.2. The van der Waals surface area contributed by atoms with Crippen molar-refractivity contribution in [3.05, 3.63) is 70.8 Å². The summed E-state index contributed by atoms with van der Waals surface area (Å²) in [6, 6.07) is 12.9. The number of carbonyl (C=O) groups excluding carboxylic acids is 1. The smallest absolute Gasteiger partial charge is 0.348 e. The van der Waals surface area contributed by atoms with Gasteiger partial charge >= 0.3 is 6.18 Å². The molecule has 3 nitrogen and oxygen atoms in total. The average molecular weight is 404 g/mol. The molecule has 3 rings (SSSR count). The lowest BCUT2D eigenvalue weighted by Crippen LogP contribution is -2.25. The third kappa shape index (κ3) is 4.30. The summed E-state index contributed by atoms with van der Waals surface area (Å²) in [4.78, 5) is 17.2. The zero-order valence-corrected chi connectivity index (χ0v) is 16.2. The van der Waals surface area contributed by atoms with Crippen molar-refractivity contribution in [3.8, 4) is 0 Å². The van der Waals surface area contributed by atoms with Gasteiger partial charge in [0.05, 0.1) is 16.6 Å². The van der Waals surface area contributed by atoms with Gasteiger partial charge in [0.25, 0.3) is 5.91 Å². The monoisotopic (exact) mass is 404 g/mol. The summed E-state index contributed by atoms with van der Waals surface area (Å²) < 4.78 is 39.1. The van der Waals surface area contributed by atoms with Crippen molar-refractivity contribution in [2.45, 2.75) is 31.6 Å². The Morgan fingerprint density at radius 3 is 2.50 bits per heavy atom. The molecule has 146 valence electrons. The van der Waals surface area contributed by atoms with E-state index >= 15 is 0 Å². The van der Waals surface area contributed by atoms with Gasteiger partial charge in [-0.05, 0) is 35.9 Å². The van der Waals surface area contributed by atoms with Crippen molar-refractivity contribution >= 4 is 28.6 Å². The molecule has 0 unspecified atom stereocenters. The zero-order chi connectivity index (χ0) is 20.3. The number of alkyl halides is 3. The van der Waals surface area contributed by atoms with E-state index in [1.807, 2.05) is 37.3 Å². The van der Waals surface area contributed by atoms with Gasteiger partial charge in [0, 0.05) is 11.9 Å². The van der Waals surface area contributed by atoms with E-state index in [1.165, 1.54) is 17.8 Å². The van der Waals surface area contributed by atoms with Crippen molar-refractivity contribution in [1.82, 2.24) is 10.3 Å². The van der Waals surface area contributed by atoms with Gasteiger partial charge in [-0.1, -0.05) is 43.3 Å². The standard InChI is InChI=1S/C21H19F3N2OS/c1-3-28-20-18(19(27)25-12-14-7-5-4-6-8-14)13(2)16-10-9-15(21(22,23)24)11-17(16)26-20/h4-11H,3,12H2,1-2H3,(H,25,27). The summed E-state index contributed by atoms with van der Waals surface area (Å²) in [7, 11) is 0. The summed E-state index contributed by atoms with van der Waals surface area (Å²) in [6.45, 7) is 4.01. The Morgan fingerprint density at radius 2 is 1.86 bits per heavy atom. The van der Waals surface area contributed by atoms with Crippen LogP contribution < -0.4 is 5.32 Å². The predicted molar refractivity (Wildman–Crippen MR) is 105 cm³/mol. The Morgan fingerprint density at radius 1 is 1.14 bits per heavy atom. The molecule has 1 amide bonds. The molecule has 1 aromatic heterocycles. The van der Waals surface area contributed by atoms with Crippen LogP contribution >= 0.6 is 11.8 Å². The largest absolute Gasteiger partial charge is 0.416 e. The molecular weight excluding hydrogens is 385 g/mol. The number of thioether (sulfide) groups is 1. The van der Waals surface area contributed by atoms with Crippen LogP contribution in [0.4, 0.5) is 13.2 Å². The topological polar surface area (TPSA) is 42.0 Å². The molecule has 2 aromatic carbocycles. The minimum Gasteiger partial charge on any atom is -0.348 e. The molecule has 0 aliphatic heterocycles. The Labute approximate surface area is 165 Å². The molecule has 0 saturated carbocycles. The van der Waals surface area contributed by atoms with Gasteiger partial charge in [0.1, 0.15) is 5.03 Å². The number of halogens is 3. The summed E-state index contributed by atoms with van der Waals surface area (Å²) in [5.74, 6) is 0.363. The lowest BCUT2D eigenvalue weighted by Gasteiger charge is -2.15. The van der Waals surface area contributed by atoms with Crippen LogP contribution in [0.3, 0.4) is 0 Å². The number of benzene rings is 2. The molecule has 0 bridgehead atoms. The number of fused-ring (bicyclic) bond motifs is 1. The van der Waals surface area contributed by atoms with Crippen LogP contribution in [0.1, 0.15) is 34.0 Å². The molecule has 28 heavy (non-hydrogen) atoms. The number of rotatable bonds is 5. The second-order valence-corrected chi connectivity index (χ2v) is 7.50. The van der Waals surface area contributed by atoms with E-state index in [0.717, 1.165) is 17.7 Å². The first-order chi connectivity index (χ1) is 13.3. The van der Waals surface area contributed by atoms with E-state index in [0.29, 0.717) is 33.8 Å². The maximum atomic E-state index is 13.0. The number of pyridine rings is 1. The highest BCUT2D eigenvalue weighted by Crippen LogP contribution is 2.34. The van der Waals surface area contributed by atoms with Crippen LogP contribution in [0, 0.1) is 6.92 Å². The fraction of sp³-hybridized carbons (Fsp3) is 0.238. The summed E-state index contributed by atoms with van der Waals surface area (Å²) in [6.07, 6.45) is -4.44. The molecule has 1 heterocycles. The van der Waals surface area contributed by atoms with Crippen molar-refractivity contribution in [3.63, 3.8) is 0 Å². The second-order valence-electron chi connectivity index (χ2n) is 6.25. The lowest BCUT2D eigenvalue weighted by molar-refractivity contribution is -0.137. The predicted octanol–water partition coefficient (Wildman–Crippen LogP) is 5.60. The first-order valence-electron chi connectivity index (χ1n) is 8.77. The van der Waals surface area contributed by atoms with Gasteiger partial charge in [0.2, 0.25) is 0 Å². The number of nitrogens with zero attached hydrogens (tertiary/aromatic N) is 1. The Bertz CT molecular complexity index is 1000. The van der Waals surface area contributed by atoms with Gasteiger partial charge in [-0.15, -0.1) is 11.8 Å². The van der Waals surface area contributed by atoms with Crippen LogP contribution in [-0.2, 0) is 12.7 Å². The summed E-state index contributed by atoms with van der Waals surface area (Å²) in [5, 5.41) is 3.87. The first-order valence-corrected chi connectivity index (χ1v) is 9.76. The SMILES string of the molecule is CCSc1nc2cc(C(F)(F)F)ccc2c(C)c1C(=O)NCc1ccccc1. The number of carbonyl (C=O) groups is 1. The highest BCUT2D eigenvalue weighted by molar-refractivity contribution is 7.99. The molecule has 0 radical (unpaired) electrons. The zero-order valence-electron chi connectivity index (χ0n) is 15.4. The van der Waals surface area contributed by atoms with E-state index < -0.39 is 11.7 Å². The van der Waals surface area contributed by atoms with E-state index in [2.05, 4.69) is 10.3 Å². The molecule has 0 aliphatic carbocycles. The molecule has 0 spiro atoms. The average Bonchev–Trinajstić information content (AvgIpc) is 2.66. The molecular formula is C21H19F3N2OS. The number of hydrogen-bond donors (Lipinski definition) is 1. The Balaban J connectivity index is 2.01. The van der Waals surface area contributed by atoms with Crippen molar-refractivity contribution in [2.75, 3.05) is 5.75 Å². The van der Waals surface area contributed by atoms with Crippen molar-refractivity contribution < 1.29 is 18.0 Å². The second kappa shape index (κ2) is 8.22. The number of amides is 1.